The lowest BCUT2D eigenvalue weighted by Crippen LogP contribution is -2.17. The summed E-state index contributed by atoms with van der Waals surface area (Å²) in [5.41, 5.74) is 3.40. The van der Waals surface area contributed by atoms with E-state index >= 15 is 0 Å². The van der Waals surface area contributed by atoms with E-state index in [0.29, 0.717) is 37.7 Å². The number of hydrogen-bond donors (Lipinski definition) is 1. The van der Waals surface area contributed by atoms with Crippen LogP contribution in [0.3, 0.4) is 0 Å². The second kappa shape index (κ2) is 9.83. The van der Waals surface area contributed by atoms with E-state index in [1.165, 1.54) is 19.4 Å². The second-order valence-corrected chi connectivity index (χ2v) is 6.92. The van der Waals surface area contributed by atoms with Crippen LogP contribution in [0, 0.1) is 0 Å². The molecule has 0 unspecified atom stereocenters. The number of nitrogens with zero attached hydrogens (tertiary/aromatic N) is 1. The first kappa shape index (κ1) is 21.4. The smallest absolute Gasteiger partial charge is 0.271 e. The average molecular weight is 430 g/mol. The van der Waals surface area contributed by atoms with E-state index in [-0.39, 0.29) is 6.10 Å². The molecular formula is C19H19Cl3N2O3. The zero-order valence-electron chi connectivity index (χ0n) is 15.1. The van der Waals surface area contributed by atoms with Gasteiger partial charge in [-0.3, -0.25) is 4.79 Å². The summed E-state index contributed by atoms with van der Waals surface area (Å²) in [5, 5.41) is 5.00. The Morgan fingerprint density at radius 2 is 1.93 bits per heavy atom. The maximum absolute atomic E-state index is 12.1. The third-order valence-electron chi connectivity index (χ3n) is 3.71. The number of ether oxygens (including phenoxy) is 2. The standard InChI is InChI=1S/C19H19Cl3N2O3/c1-4-11(2)27-18-16(22)7-12(8-17(18)26-3)10-23-24-19(25)13-5-6-14(20)15(21)9-13/h5-11H,4H2,1-3H3,(H,24,25)/b23-10-/t11-/m0/s1. The van der Waals surface area contributed by atoms with Gasteiger partial charge in [-0.2, -0.15) is 5.10 Å². The van der Waals surface area contributed by atoms with E-state index < -0.39 is 5.91 Å². The summed E-state index contributed by atoms with van der Waals surface area (Å²) in [6.07, 6.45) is 2.29. The van der Waals surface area contributed by atoms with E-state index in [0.717, 1.165) is 6.42 Å². The van der Waals surface area contributed by atoms with Crippen molar-refractivity contribution in [2.24, 2.45) is 5.10 Å². The molecule has 2 aromatic carbocycles. The molecule has 0 aliphatic heterocycles. The van der Waals surface area contributed by atoms with Crippen molar-refractivity contribution < 1.29 is 14.3 Å². The van der Waals surface area contributed by atoms with Crippen LogP contribution < -0.4 is 14.9 Å². The normalized spacial score (nSPS) is 12.1. The Bertz CT molecular complexity index is 856. The molecule has 5 nitrogen and oxygen atoms in total. The lowest BCUT2D eigenvalue weighted by atomic mass is 10.2. The van der Waals surface area contributed by atoms with E-state index in [2.05, 4.69) is 10.5 Å². The summed E-state index contributed by atoms with van der Waals surface area (Å²) in [6.45, 7) is 3.96. The van der Waals surface area contributed by atoms with Crippen LogP contribution >= 0.6 is 34.8 Å². The monoisotopic (exact) mass is 428 g/mol. The number of amides is 1. The molecular weight excluding hydrogens is 411 g/mol. The maximum atomic E-state index is 12.1. The third kappa shape index (κ3) is 5.76. The lowest BCUT2D eigenvalue weighted by Gasteiger charge is -2.17. The fraction of sp³-hybridized carbons (Fsp3) is 0.263. The van der Waals surface area contributed by atoms with Crippen LogP contribution in [0.15, 0.2) is 35.4 Å². The molecule has 144 valence electrons. The van der Waals surface area contributed by atoms with Gasteiger partial charge in [-0.05, 0) is 49.2 Å². The molecule has 1 amide bonds. The molecule has 0 heterocycles. The second-order valence-electron chi connectivity index (χ2n) is 5.70. The van der Waals surface area contributed by atoms with Crippen molar-refractivity contribution in [1.82, 2.24) is 5.43 Å². The first-order chi connectivity index (χ1) is 12.8. The lowest BCUT2D eigenvalue weighted by molar-refractivity contribution is 0.0955. The molecule has 2 aromatic rings. The zero-order chi connectivity index (χ0) is 20.0. The molecule has 0 radical (unpaired) electrons. The van der Waals surface area contributed by atoms with Crippen molar-refractivity contribution in [3.63, 3.8) is 0 Å². The van der Waals surface area contributed by atoms with Gasteiger partial charge >= 0.3 is 0 Å². The largest absolute Gasteiger partial charge is 0.493 e. The van der Waals surface area contributed by atoms with Crippen molar-refractivity contribution >= 4 is 46.9 Å². The minimum absolute atomic E-state index is 0.00130. The Balaban J connectivity index is 2.13. The predicted octanol–water partition coefficient (Wildman–Crippen LogP) is 5.60. The minimum Gasteiger partial charge on any atom is -0.493 e. The SMILES string of the molecule is CC[C@H](C)Oc1c(Cl)cc(/C=N\NC(=O)c2ccc(Cl)c(Cl)c2)cc1OC. The van der Waals surface area contributed by atoms with Crippen molar-refractivity contribution in [3.05, 3.63) is 56.5 Å². The summed E-state index contributed by atoms with van der Waals surface area (Å²) in [7, 11) is 1.53. The van der Waals surface area contributed by atoms with Gasteiger partial charge in [0.05, 0.1) is 34.5 Å². The first-order valence-electron chi connectivity index (χ1n) is 8.18. The van der Waals surface area contributed by atoms with Gasteiger partial charge in [0.1, 0.15) is 0 Å². The highest BCUT2D eigenvalue weighted by atomic mass is 35.5. The van der Waals surface area contributed by atoms with Gasteiger partial charge in [-0.1, -0.05) is 41.7 Å². The fourth-order valence-electron chi connectivity index (χ4n) is 2.08. The summed E-state index contributed by atoms with van der Waals surface area (Å²) in [5.74, 6) is 0.546. The van der Waals surface area contributed by atoms with Gasteiger partial charge in [-0.15, -0.1) is 0 Å². The highest BCUT2D eigenvalue weighted by molar-refractivity contribution is 6.42. The van der Waals surface area contributed by atoms with E-state index in [4.69, 9.17) is 44.3 Å². The van der Waals surface area contributed by atoms with Gasteiger partial charge in [-0.25, -0.2) is 5.43 Å². The highest BCUT2D eigenvalue weighted by Gasteiger charge is 2.14. The Morgan fingerprint density at radius 1 is 1.19 bits per heavy atom. The van der Waals surface area contributed by atoms with Crippen LogP contribution in [0.5, 0.6) is 11.5 Å². The maximum Gasteiger partial charge on any atom is 0.271 e. The fourth-order valence-corrected chi connectivity index (χ4v) is 2.64. The van der Waals surface area contributed by atoms with Crippen LogP contribution in [0.25, 0.3) is 0 Å². The molecule has 0 bridgehead atoms. The first-order valence-corrected chi connectivity index (χ1v) is 9.31. The van der Waals surface area contributed by atoms with E-state index in [1.54, 1.807) is 24.3 Å². The Morgan fingerprint density at radius 3 is 2.56 bits per heavy atom. The predicted molar refractivity (Wildman–Crippen MR) is 110 cm³/mol. The number of nitrogens with one attached hydrogen (secondary N) is 1. The molecule has 0 saturated carbocycles. The summed E-state index contributed by atoms with van der Waals surface area (Å²) in [6, 6.07) is 7.97. The molecule has 0 aliphatic rings. The third-order valence-corrected chi connectivity index (χ3v) is 4.73. The van der Waals surface area contributed by atoms with Crippen molar-refractivity contribution in [1.29, 1.82) is 0 Å². The number of carbonyl (C=O) groups excluding carboxylic acids is 1. The van der Waals surface area contributed by atoms with Crippen LogP contribution in [0.2, 0.25) is 15.1 Å². The van der Waals surface area contributed by atoms with Crippen molar-refractivity contribution in [3.8, 4) is 11.5 Å². The number of hydrazone groups is 1. The molecule has 0 saturated heterocycles. The number of hydrogen-bond acceptors (Lipinski definition) is 4. The van der Waals surface area contributed by atoms with Gasteiger partial charge in [0.2, 0.25) is 0 Å². The average Bonchev–Trinajstić information content (AvgIpc) is 2.65. The molecule has 0 fully saturated rings. The summed E-state index contributed by atoms with van der Waals surface area (Å²) >= 11 is 18.1. The van der Waals surface area contributed by atoms with Crippen molar-refractivity contribution in [2.75, 3.05) is 7.11 Å². The Kier molecular flexibility index (Phi) is 7.78. The van der Waals surface area contributed by atoms with Crippen LogP contribution in [0.4, 0.5) is 0 Å². The highest BCUT2D eigenvalue weighted by Crippen LogP contribution is 2.37. The van der Waals surface area contributed by atoms with Gasteiger partial charge < -0.3 is 9.47 Å². The van der Waals surface area contributed by atoms with Crippen LogP contribution in [0.1, 0.15) is 36.2 Å². The number of rotatable bonds is 7. The molecule has 27 heavy (non-hydrogen) atoms. The number of benzene rings is 2. The summed E-state index contributed by atoms with van der Waals surface area (Å²) in [4.78, 5) is 12.1. The molecule has 0 aliphatic carbocycles. The number of halogens is 3. The number of carbonyl (C=O) groups is 1. The number of methoxy groups -OCH3 is 1. The zero-order valence-corrected chi connectivity index (χ0v) is 17.3. The molecule has 0 spiro atoms. The molecule has 0 aromatic heterocycles. The quantitative estimate of drug-likeness (QED) is 0.460. The minimum atomic E-state index is -0.417. The van der Waals surface area contributed by atoms with Crippen LogP contribution in [-0.4, -0.2) is 25.3 Å². The van der Waals surface area contributed by atoms with E-state index in [9.17, 15) is 4.79 Å². The van der Waals surface area contributed by atoms with Gasteiger partial charge in [0, 0.05) is 5.56 Å². The molecule has 1 N–H and O–H groups in total. The Hall–Kier alpha value is -1.95. The topological polar surface area (TPSA) is 59.9 Å². The van der Waals surface area contributed by atoms with Gasteiger partial charge in [0.25, 0.3) is 5.91 Å². The molecule has 8 heteroatoms. The summed E-state index contributed by atoms with van der Waals surface area (Å²) < 4.78 is 11.1. The van der Waals surface area contributed by atoms with E-state index in [1.807, 2.05) is 13.8 Å². The van der Waals surface area contributed by atoms with Gasteiger partial charge in [0.15, 0.2) is 11.5 Å². The van der Waals surface area contributed by atoms with Crippen molar-refractivity contribution in [2.45, 2.75) is 26.4 Å². The molecule has 1 atom stereocenters. The Labute approximate surface area is 173 Å². The molecule has 2 rings (SSSR count). The van der Waals surface area contributed by atoms with Crippen LogP contribution in [-0.2, 0) is 0 Å².